The van der Waals surface area contributed by atoms with Gasteiger partial charge in [0, 0.05) is 0 Å². The predicted molar refractivity (Wildman–Crippen MR) is 63.3 cm³/mol. The number of carbonyl (C=O) groups is 4. The lowest BCUT2D eigenvalue weighted by Crippen LogP contribution is -2.40. The van der Waals surface area contributed by atoms with Crippen LogP contribution in [0.5, 0.6) is 0 Å². The highest BCUT2D eigenvalue weighted by Gasteiger charge is 2.39. The Labute approximate surface area is 112 Å². The summed E-state index contributed by atoms with van der Waals surface area (Å²) in [5.41, 5.74) is 5.11. The Morgan fingerprint density at radius 2 is 1.70 bits per heavy atom. The topological polar surface area (TPSA) is 127 Å². The fourth-order valence-electron chi connectivity index (χ4n) is 1.74. The Hall–Kier alpha value is -2.74. The highest BCUT2D eigenvalue weighted by molar-refractivity contribution is 6.20. The summed E-state index contributed by atoms with van der Waals surface area (Å²) in [6.45, 7) is 0. The molecule has 0 aliphatic carbocycles. The van der Waals surface area contributed by atoms with Gasteiger partial charge in [-0.05, 0) is 12.1 Å². The van der Waals surface area contributed by atoms with Crippen LogP contribution in [0, 0.1) is 0 Å². The molecule has 0 saturated carbocycles. The van der Waals surface area contributed by atoms with Crippen LogP contribution < -0.4 is 5.73 Å². The highest BCUT2D eigenvalue weighted by Crippen LogP contribution is 2.23. The fourth-order valence-corrected chi connectivity index (χ4v) is 1.74. The molecule has 1 atom stereocenters. The molecule has 0 spiro atoms. The third-order valence-corrected chi connectivity index (χ3v) is 2.65. The van der Waals surface area contributed by atoms with Crippen molar-refractivity contribution in [1.82, 2.24) is 5.06 Å². The number of amides is 3. The molecule has 8 nitrogen and oxygen atoms in total. The average molecular weight is 278 g/mol. The van der Waals surface area contributed by atoms with Crippen LogP contribution in [0.25, 0.3) is 0 Å². The van der Waals surface area contributed by atoms with Crippen molar-refractivity contribution >= 4 is 23.7 Å². The van der Waals surface area contributed by atoms with Gasteiger partial charge in [0.2, 0.25) is 5.91 Å². The minimum Gasteiger partial charge on any atom is -0.479 e. The maximum absolute atomic E-state index is 11.9. The van der Waals surface area contributed by atoms with Crippen LogP contribution in [-0.2, 0) is 14.4 Å². The SMILES string of the molecule is NC(=O)C[C@@H](ON1C(=O)c2ccccc2C1=O)C(=O)O. The molecule has 1 heterocycles. The maximum Gasteiger partial charge on any atom is 0.336 e. The third-order valence-electron chi connectivity index (χ3n) is 2.65. The smallest absolute Gasteiger partial charge is 0.336 e. The number of carbonyl (C=O) groups excluding carboxylic acids is 3. The summed E-state index contributed by atoms with van der Waals surface area (Å²) < 4.78 is 0. The molecule has 104 valence electrons. The van der Waals surface area contributed by atoms with Crippen molar-refractivity contribution in [2.45, 2.75) is 12.5 Å². The Bertz CT molecular complexity index is 577. The summed E-state index contributed by atoms with van der Waals surface area (Å²) in [6, 6.07) is 5.96. The van der Waals surface area contributed by atoms with Gasteiger partial charge in [-0.1, -0.05) is 12.1 Å². The molecule has 1 aromatic rings. The van der Waals surface area contributed by atoms with Crippen molar-refractivity contribution in [1.29, 1.82) is 0 Å². The molecule has 0 fully saturated rings. The quantitative estimate of drug-likeness (QED) is 0.702. The number of hydrogen-bond donors (Lipinski definition) is 2. The molecule has 8 heteroatoms. The maximum atomic E-state index is 11.9. The average Bonchev–Trinajstić information content (AvgIpc) is 2.63. The van der Waals surface area contributed by atoms with E-state index in [4.69, 9.17) is 15.7 Å². The molecule has 3 N–H and O–H groups in total. The fraction of sp³-hybridized carbons (Fsp3) is 0.167. The van der Waals surface area contributed by atoms with Crippen molar-refractivity contribution in [3.05, 3.63) is 35.4 Å². The second kappa shape index (κ2) is 5.10. The van der Waals surface area contributed by atoms with E-state index < -0.39 is 36.2 Å². The van der Waals surface area contributed by atoms with Gasteiger partial charge in [0.15, 0.2) is 6.10 Å². The number of hydroxylamine groups is 2. The standard InChI is InChI=1S/C12H10N2O6/c13-9(15)5-8(12(18)19)20-14-10(16)6-3-1-2-4-7(6)11(14)17/h1-4,8H,5H2,(H2,13,15)(H,18,19)/t8-/m1/s1. The van der Waals surface area contributed by atoms with E-state index in [2.05, 4.69) is 0 Å². The predicted octanol–water partition coefficient (Wildman–Crippen LogP) is -0.457. The van der Waals surface area contributed by atoms with Gasteiger partial charge in [-0.25, -0.2) is 9.63 Å². The highest BCUT2D eigenvalue weighted by atomic mass is 16.7. The largest absolute Gasteiger partial charge is 0.479 e. The Kier molecular flexibility index (Phi) is 3.49. The van der Waals surface area contributed by atoms with E-state index in [-0.39, 0.29) is 11.1 Å². The molecule has 0 saturated heterocycles. The summed E-state index contributed by atoms with van der Waals surface area (Å²) in [7, 11) is 0. The first-order chi connectivity index (χ1) is 9.41. The number of aliphatic carboxylic acids is 1. The first-order valence-corrected chi connectivity index (χ1v) is 5.57. The van der Waals surface area contributed by atoms with Gasteiger partial charge in [0.1, 0.15) is 0 Å². The van der Waals surface area contributed by atoms with Gasteiger partial charge in [0.05, 0.1) is 17.5 Å². The zero-order valence-electron chi connectivity index (χ0n) is 10.1. The molecule has 20 heavy (non-hydrogen) atoms. The normalized spacial score (nSPS) is 15.1. The Balaban J connectivity index is 2.23. The van der Waals surface area contributed by atoms with Crippen LogP contribution in [-0.4, -0.2) is 40.0 Å². The number of nitrogens with zero attached hydrogens (tertiary/aromatic N) is 1. The molecule has 1 aliphatic heterocycles. The lowest BCUT2D eigenvalue weighted by atomic mass is 10.1. The number of imide groups is 1. The summed E-state index contributed by atoms with van der Waals surface area (Å²) in [6.07, 6.45) is -2.35. The summed E-state index contributed by atoms with van der Waals surface area (Å²) in [5.74, 6) is -3.97. The number of benzene rings is 1. The summed E-state index contributed by atoms with van der Waals surface area (Å²) >= 11 is 0. The molecule has 1 aliphatic rings. The molecule has 2 rings (SSSR count). The number of fused-ring (bicyclic) bond motifs is 1. The Morgan fingerprint density at radius 3 is 2.10 bits per heavy atom. The van der Waals surface area contributed by atoms with E-state index in [9.17, 15) is 19.2 Å². The number of primary amides is 1. The van der Waals surface area contributed by atoms with Crippen LogP contribution >= 0.6 is 0 Å². The number of nitrogens with two attached hydrogens (primary N) is 1. The Morgan fingerprint density at radius 1 is 1.20 bits per heavy atom. The first-order valence-electron chi connectivity index (χ1n) is 5.57. The van der Waals surface area contributed by atoms with Gasteiger partial charge < -0.3 is 10.8 Å². The van der Waals surface area contributed by atoms with Crippen molar-refractivity contribution in [2.75, 3.05) is 0 Å². The molecule has 0 radical (unpaired) electrons. The van der Waals surface area contributed by atoms with E-state index in [1.807, 2.05) is 0 Å². The first kappa shape index (κ1) is 13.7. The number of carboxylic acids is 1. The van der Waals surface area contributed by atoms with E-state index in [1.165, 1.54) is 12.1 Å². The molecule has 0 unspecified atom stereocenters. The molecule has 0 aromatic heterocycles. The van der Waals surface area contributed by atoms with Crippen molar-refractivity contribution < 1.29 is 29.1 Å². The van der Waals surface area contributed by atoms with Crippen molar-refractivity contribution in [3.8, 4) is 0 Å². The number of hydrogen-bond acceptors (Lipinski definition) is 5. The lowest BCUT2D eigenvalue weighted by molar-refractivity contribution is -0.177. The van der Waals surface area contributed by atoms with E-state index >= 15 is 0 Å². The van der Waals surface area contributed by atoms with Gasteiger partial charge in [-0.15, -0.1) is 5.06 Å². The summed E-state index contributed by atoms with van der Waals surface area (Å²) in [5, 5.41) is 9.23. The third kappa shape index (κ3) is 2.36. The van der Waals surface area contributed by atoms with E-state index in [1.54, 1.807) is 12.1 Å². The van der Waals surface area contributed by atoms with Gasteiger partial charge in [-0.2, -0.15) is 0 Å². The zero-order valence-corrected chi connectivity index (χ0v) is 10.1. The van der Waals surface area contributed by atoms with Crippen LogP contribution in [0.15, 0.2) is 24.3 Å². The molecular weight excluding hydrogens is 268 g/mol. The molecule has 0 bridgehead atoms. The van der Waals surface area contributed by atoms with E-state index in [0.717, 1.165) is 0 Å². The van der Waals surface area contributed by atoms with Gasteiger partial charge >= 0.3 is 5.97 Å². The van der Waals surface area contributed by atoms with Gasteiger partial charge in [0.25, 0.3) is 11.8 Å². The van der Waals surface area contributed by atoms with Crippen molar-refractivity contribution in [2.24, 2.45) is 5.73 Å². The zero-order chi connectivity index (χ0) is 14.9. The number of rotatable bonds is 5. The van der Waals surface area contributed by atoms with Gasteiger partial charge in [-0.3, -0.25) is 14.4 Å². The van der Waals surface area contributed by atoms with Crippen molar-refractivity contribution in [3.63, 3.8) is 0 Å². The molecular formula is C12H10N2O6. The second-order valence-corrected chi connectivity index (χ2v) is 4.05. The van der Waals surface area contributed by atoms with Crippen LogP contribution in [0.4, 0.5) is 0 Å². The monoisotopic (exact) mass is 278 g/mol. The van der Waals surface area contributed by atoms with Crippen LogP contribution in [0.1, 0.15) is 27.1 Å². The lowest BCUT2D eigenvalue weighted by Gasteiger charge is -2.18. The van der Waals surface area contributed by atoms with E-state index in [0.29, 0.717) is 5.06 Å². The van der Waals surface area contributed by atoms with Crippen LogP contribution in [0.3, 0.4) is 0 Å². The number of carboxylic acid groups (broad SMARTS) is 1. The molecule has 3 amide bonds. The minimum absolute atomic E-state index is 0.112. The molecule has 1 aromatic carbocycles. The second-order valence-electron chi connectivity index (χ2n) is 4.05. The van der Waals surface area contributed by atoms with Crippen LogP contribution in [0.2, 0.25) is 0 Å². The summed E-state index contributed by atoms with van der Waals surface area (Å²) in [4.78, 5) is 50.4. The minimum atomic E-state index is -1.70.